The van der Waals surface area contributed by atoms with E-state index >= 15 is 0 Å². The molecule has 25 heavy (non-hydrogen) atoms. The van der Waals surface area contributed by atoms with Gasteiger partial charge in [-0.15, -0.1) is 0 Å². The molecule has 132 valence electrons. The molecule has 0 saturated heterocycles. The van der Waals surface area contributed by atoms with Crippen molar-refractivity contribution in [2.75, 3.05) is 13.7 Å². The van der Waals surface area contributed by atoms with Crippen molar-refractivity contribution in [1.82, 2.24) is 5.32 Å². The van der Waals surface area contributed by atoms with Crippen LogP contribution in [-0.2, 0) is 16.6 Å². The minimum absolute atomic E-state index is 0.0521. The Morgan fingerprint density at radius 3 is 2.40 bits per heavy atom. The highest BCUT2D eigenvalue weighted by Crippen LogP contribution is 2.25. The van der Waals surface area contributed by atoms with Gasteiger partial charge < -0.3 is 15.8 Å². The van der Waals surface area contributed by atoms with Gasteiger partial charge in [0.15, 0.2) is 0 Å². The van der Waals surface area contributed by atoms with Crippen LogP contribution >= 0.6 is 0 Å². The molecule has 0 aromatic heterocycles. The van der Waals surface area contributed by atoms with E-state index in [4.69, 9.17) is 10.5 Å². The van der Waals surface area contributed by atoms with E-state index in [9.17, 15) is 9.59 Å². The average Bonchev–Trinajstić information content (AvgIpc) is 2.61. The SMILES string of the molecule is COc1ccc(C(C)(C)C(=O)NCCc2cccc(C(N)=O)c2)cc1. The smallest absolute Gasteiger partial charge is 0.248 e. The van der Waals surface area contributed by atoms with Crippen molar-refractivity contribution in [1.29, 1.82) is 0 Å². The normalized spacial score (nSPS) is 11.0. The van der Waals surface area contributed by atoms with E-state index in [0.717, 1.165) is 16.9 Å². The Balaban J connectivity index is 1.96. The van der Waals surface area contributed by atoms with Gasteiger partial charge in [0, 0.05) is 12.1 Å². The molecular formula is C20H24N2O3. The molecule has 5 nitrogen and oxygen atoms in total. The summed E-state index contributed by atoms with van der Waals surface area (Å²) >= 11 is 0. The zero-order valence-corrected chi connectivity index (χ0v) is 14.8. The van der Waals surface area contributed by atoms with E-state index in [1.807, 2.05) is 44.2 Å². The molecule has 0 radical (unpaired) electrons. The number of ether oxygens (including phenoxy) is 1. The molecular weight excluding hydrogens is 316 g/mol. The fourth-order valence-corrected chi connectivity index (χ4v) is 2.56. The Hall–Kier alpha value is -2.82. The molecule has 2 aromatic carbocycles. The largest absolute Gasteiger partial charge is 0.497 e. The van der Waals surface area contributed by atoms with E-state index in [2.05, 4.69) is 5.32 Å². The van der Waals surface area contributed by atoms with Crippen molar-refractivity contribution in [2.45, 2.75) is 25.7 Å². The molecule has 2 amide bonds. The Morgan fingerprint density at radius 2 is 1.80 bits per heavy atom. The van der Waals surface area contributed by atoms with Gasteiger partial charge in [-0.2, -0.15) is 0 Å². The zero-order valence-electron chi connectivity index (χ0n) is 14.8. The highest BCUT2D eigenvalue weighted by molar-refractivity contribution is 5.92. The van der Waals surface area contributed by atoms with Crippen LogP contribution in [0.1, 0.15) is 35.3 Å². The van der Waals surface area contributed by atoms with Crippen LogP contribution in [0, 0.1) is 0 Å². The van der Waals surface area contributed by atoms with E-state index in [1.165, 1.54) is 0 Å². The minimum atomic E-state index is -0.651. The van der Waals surface area contributed by atoms with Crippen LogP contribution in [0.3, 0.4) is 0 Å². The van der Waals surface area contributed by atoms with Crippen molar-refractivity contribution in [3.05, 3.63) is 65.2 Å². The van der Waals surface area contributed by atoms with Crippen molar-refractivity contribution >= 4 is 11.8 Å². The molecule has 0 atom stereocenters. The van der Waals surface area contributed by atoms with Gasteiger partial charge in [0.2, 0.25) is 11.8 Å². The van der Waals surface area contributed by atoms with Crippen LogP contribution < -0.4 is 15.8 Å². The number of primary amides is 1. The van der Waals surface area contributed by atoms with Crippen LogP contribution in [-0.4, -0.2) is 25.5 Å². The number of carbonyl (C=O) groups is 2. The summed E-state index contributed by atoms with van der Waals surface area (Å²) in [6.07, 6.45) is 0.631. The molecule has 3 N–H and O–H groups in total. The Morgan fingerprint density at radius 1 is 1.12 bits per heavy atom. The second-order valence-electron chi connectivity index (χ2n) is 6.42. The molecule has 2 aromatic rings. The van der Waals surface area contributed by atoms with Crippen molar-refractivity contribution in [3.63, 3.8) is 0 Å². The monoisotopic (exact) mass is 340 g/mol. The van der Waals surface area contributed by atoms with E-state index in [0.29, 0.717) is 18.5 Å². The first kappa shape index (κ1) is 18.5. The molecule has 5 heteroatoms. The summed E-state index contributed by atoms with van der Waals surface area (Å²) in [5, 5.41) is 2.96. The number of nitrogens with two attached hydrogens (primary N) is 1. The summed E-state index contributed by atoms with van der Waals surface area (Å²) in [6.45, 7) is 4.26. The highest BCUT2D eigenvalue weighted by Gasteiger charge is 2.29. The van der Waals surface area contributed by atoms with Crippen LogP contribution in [0.15, 0.2) is 48.5 Å². The molecule has 0 bridgehead atoms. The third-order valence-corrected chi connectivity index (χ3v) is 4.29. The van der Waals surface area contributed by atoms with Gasteiger partial charge in [-0.3, -0.25) is 9.59 Å². The molecule has 0 heterocycles. The first-order valence-electron chi connectivity index (χ1n) is 8.16. The number of hydrogen-bond donors (Lipinski definition) is 2. The van der Waals surface area contributed by atoms with Gasteiger partial charge in [-0.1, -0.05) is 24.3 Å². The second kappa shape index (κ2) is 7.83. The molecule has 0 saturated carbocycles. The lowest BCUT2D eigenvalue weighted by Crippen LogP contribution is -2.40. The van der Waals surface area contributed by atoms with E-state index in [-0.39, 0.29) is 5.91 Å². The summed E-state index contributed by atoms with van der Waals surface area (Å²) in [5.74, 6) is 0.254. The predicted molar refractivity (Wildman–Crippen MR) is 97.7 cm³/mol. The summed E-state index contributed by atoms with van der Waals surface area (Å²) in [6, 6.07) is 14.6. The Kier molecular flexibility index (Phi) is 5.80. The van der Waals surface area contributed by atoms with Gasteiger partial charge in [-0.25, -0.2) is 0 Å². The standard InChI is InChI=1S/C20H24N2O3/c1-20(2,16-7-9-17(25-3)10-8-16)19(24)22-12-11-14-5-4-6-15(13-14)18(21)23/h4-10,13H,11-12H2,1-3H3,(H2,21,23)(H,22,24). The maximum absolute atomic E-state index is 12.6. The van der Waals surface area contributed by atoms with Gasteiger partial charge >= 0.3 is 0 Å². The lowest BCUT2D eigenvalue weighted by atomic mass is 9.83. The number of amides is 2. The predicted octanol–water partition coefficient (Wildman–Crippen LogP) is 2.43. The average molecular weight is 340 g/mol. The topological polar surface area (TPSA) is 81.4 Å². The first-order valence-corrected chi connectivity index (χ1v) is 8.16. The third-order valence-electron chi connectivity index (χ3n) is 4.29. The van der Waals surface area contributed by atoms with E-state index < -0.39 is 11.3 Å². The lowest BCUT2D eigenvalue weighted by Gasteiger charge is -2.24. The Labute approximate surface area is 148 Å². The fraction of sp³-hybridized carbons (Fsp3) is 0.300. The molecule has 0 aliphatic heterocycles. The quantitative estimate of drug-likeness (QED) is 0.812. The zero-order chi connectivity index (χ0) is 18.4. The molecule has 0 aliphatic carbocycles. The van der Waals surface area contributed by atoms with Crippen LogP contribution in [0.5, 0.6) is 5.75 Å². The van der Waals surface area contributed by atoms with Gasteiger partial charge in [0.05, 0.1) is 12.5 Å². The van der Waals surface area contributed by atoms with Crippen molar-refractivity contribution in [3.8, 4) is 5.75 Å². The summed E-state index contributed by atoms with van der Waals surface area (Å²) in [4.78, 5) is 23.8. The lowest BCUT2D eigenvalue weighted by molar-refractivity contribution is -0.125. The molecule has 0 spiro atoms. The number of nitrogens with one attached hydrogen (secondary N) is 1. The summed E-state index contributed by atoms with van der Waals surface area (Å²) in [5.41, 5.74) is 6.98. The van der Waals surface area contributed by atoms with Crippen LogP contribution in [0.2, 0.25) is 0 Å². The van der Waals surface area contributed by atoms with Crippen LogP contribution in [0.4, 0.5) is 0 Å². The van der Waals surface area contributed by atoms with E-state index in [1.54, 1.807) is 25.3 Å². The first-order chi connectivity index (χ1) is 11.8. The number of methoxy groups -OCH3 is 1. The maximum atomic E-state index is 12.6. The summed E-state index contributed by atoms with van der Waals surface area (Å²) < 4.78 is 5.15. The number of carbonyl (C=O) groups excluding carboxylic acids is 2. The minimum Gasteiger partial charge on any atom is -0.497 e. The fourth-order valence-electron chi connectivity index (χ4n) is 2.56. The molecule has 0 aliphatic rings. The van der Waals surface area contributed by atoms with Crippen molar-refractivity contribution < 1.29 is 14.3 Å². The Bertz CT molecular complexity index is 752. The second-order valence-corrected chi connectivity index (χ2v) is 6.42. The number of rotatable bonds is 7. The summed E-state index contributed by atoms with van der Waals surface area (Å²) in [7, 11) is 1.61. The highest BCUT2D eigenvalue weighted by atomic mass is 16.5. The van der Waals surface area contributed by atoms with Gasteiger partial charge in [-0.05, 0) is 55.7 Å². The number of benzene rings is 2. The maximum Gasteiger partial charge on any atom is 0.248 e. The number of hydrogen-bond acceptors (Lipinski definition) is 3. The van der Waals surface area contributed by atoms with Gasteiger partial charge in [0.1, 0.15) is 5.75 Å². The molecule has 0 fully saturated rings. The van der Waals surface area contributed by atoms with Gasteiger partial charge in [0.25, 0.3) is 0 Å². The van der Waals surface area contributed by atoms with Crippen LogP contribution in [0.25, 0.3) is 0 Å². The molecule has 2 rings (SSSR count). The van der Waals surface area contributed by atoms with Crippen molar-refractivity contribution in [2.24, 2.45) is 5.73 Å². The third kappa shape index (κ3) is 4.59. The molecule has 0 unspecified atom stereocenters.